The predicted molar refractivity (Wildman–Crippen MR) is 150 cm³/mol. The van der Waals surface area contributed by atoms with Crippen LogP contribution in [0.5, 0.6) is 11.5 Å². The highest BCUT2D eigenvalue weighted by molar-refractivity contribution is 9.10. The summed E-state index contributed by atoms with van der Waals surface area (Å²) in [5, 5.41) is 11.6. The molecule has 0 atom stereocenters. The zero-order valence-corrected chi connectivity index (χ0v) is 22.7. The van der Waals surface area contributed by atoms with Gasteiger partial charge in [-0.25, -0.2) is 0 Å². The smallest absolute Gasteiger partial charge is 0.270 e. The Labute approximate surface area is 230 Å². The summed E-state index contributed by atoms with van der Waals surface area (Å²) >= 11 is 16.1. The third kappa shape index (κ3) is 5.89. The third-order valence-electron chi connectivity index (χ3n) is 5.04. The molecule has 1 saturated heterocycles. The highest BCUT2D eigenvalue weighted by atomic mass is 79.9. The van der Waals surface area contributed by atoms with E-state index < -0.39 is 4.92 Å². The largest absolute Gasteiger partial charge is 0.490 e. The van der Waals surface area contributed by atoms with Crippen molar-refractivity contribution in [2.45, 2.75) is 13.5 Å². The highest BCUT2D eigenvalue weighted by Crippen LogP contribution is 2.41. The summed E-state index contributed by atoms with van der Waals surface area (Å²) in [7, 11) is 0. The molecule has 0 unspecified atom stereocenters. The van der Waals surface area contributed by atoms with Crippen molar-refractivity contribution in [2.24, 2.45) is 0 Å². The van der Waals surface area contributed by atoms with E-state index in [0.717, 1.165) is 17.3 Å². The van der Waals surface area contributed by atoms with Crippen molar-refractivity contribution in [3.05, 3.63) is 96.3 Å². The van der Waals surface area contributed by atoms with Gasteiger partial charge < -0.3 is 9.47 Å². The Balaban J connectivity index is 1.58. The van der Waals surface area contributed by atoms with Gasteiger partial charge in [-0.3, -0.25) is 19.8 Å². The van der Waals surface area contributed by atoms with Crippen LogP contribution in [-0.2, 0) is 11.4 Å². The van der Waals surface area contributed by atoms with E-state index in [-0.39, 0.29) is 11.6 Å². The van der Waals surface area contributed by atoms with E-state index in [1.165, 1.54) is 29.2 Å². The number of hydrogen-bond acceptors (Lipinski definition) is 7. The summed E-state index contributed by atoms with van der Waals surface area (Å²) in [5.74, 6) is 0.760. The third-order valence-corrected chi connectivity index (χ3v) is 7.18. The Kier molecular flexibility index (Phi) is 8.30. The molecule has 1 aliphatic rings. The van der Waals surface area contributed by atoms with Crippen LogP contribution < -0.4 is 14.4 Å². The minimum Gasteiger partial charge on any atom is -0.490 e. The number of nitro groups is 1. The van der Waals surface area contributed by atoms with Crippen LogP contribution in [0.2, 0.25) is 5.02 Å². The molecule has 0 spiro atoms. The van der Waals surface area contributed by atoms with Crippen molar-refractivity contribution >= 4 is 79.2 Å². The molecular formula is C25H18BrClN2O5S2. The van der Waals surface area contributed by atoms with E-state index in [0.29, 0.717) is 54.7 Å². The number of ether oxygens (including phenoxy) is 2. The van der Waals surface area contributed by atoms with Gasteiger partial charge in [0.25, 0.3) is 11.6 Å². The molecule has 1 aliphatic heterocycles. The fourth-order valence-corrected chi connectivity index (χ4v) is 5.37. The minimum atomic E-state index is -0.495. The Hall–Kier alpha value is -2.92. The molecule has 1 heterocycles. The normalized spacial score (nSPS) is 14.4. The fourth-order valence-electron chi connectivity index (χ4n) is 3.38. The highest BCUT2D eigenvalue weighted by Gasteiger charge is 2.33. The van der Waals surface area contributed by atoms with Gasteiger partial charge >= 0.3 is 0 Å². The zero-order valence-electron chi connectivity index (χ0n) is 18.8. The molecule has 3 aromatic carbocycles. The average molecular weight is 606 g/mol. The Bertz CT molecular complexity index is 1360. The van der Waals surface area contributed by atoms with E-state index in [9.17, 15) is 14.9 Å². The van der Waals surface area contributed by atoms with E-state index in [1.807, 2.05) is 25.1 Å². The molecule has 4 rings (SSSR count). The second-order valence-corrected chi connectivity index (χ2v) is 10.4. The summed E-state index contributed by atoms with van der Waals surface area (Å²) in [6.07, 6.45) is 1.72. The first-order valence-corrected chi connectivity index (χ1v) is 13.0. The maximum atomic E-state index is 13.1. The maximum Gasteiger partial charge on any atom is 0.270 e. The standard InChI is InChI=1S/C25H18BrClN2O5S2/c1-2-33-21-12-16(11-20(26)23(21)34-14-15-3-5-17(27)6-4-15)13-22-24(30)28(25(35)36-22)18-7-9-19(10-8-18)29(31)32/h3-13H,2,14H2,1H3/b22-13-. The number of benzene rings is 3. The molecule has 184 valence electrons. The first kappa shape index (κ1) is 26.2. The van der Waals surface area contributed by atoms with Gasteiger partial charge in [0.05, 0.1) is 26.6 Å². The first-order valence-electron chi connectivity index (χ1n) is 10.6. The van der Waals surface area contributed by atoms with Gasteiger partial charge in [0.15, 0.2) is 15.8 Å². The molecule has 1 fully saturated rings. The van der Waals surface area contributed by atoms with Crippen LogP contribution in [0.15, 0.2) is 70.0 Å². The fraction of sp³-hybridized carbons (Fsp3) is 0.120. The number of hydrogen-bond donors (Lipinski definition) is 0. The average Bonchev–Trinajstić information content (AvgIpc) is 3.12. The van der Waals surface area contributed by atoms with Crippen LogP contribution in [-0.4, -0.2) is 21.8 Å². The SMILES string of the molecule is CCOc1cc(/C=C2\SC(=S)N(c3ccc([N+](=O)[O-])cc3)C2=O)cc(Br)c1OCc1ccc(Cl)cc1. The molecule has 1 amide bonds. The van der Waals surface area contributed by atoms with E-state index >= 15 is 0 Å². The van der Waals surface area contributed by atoms with Crippen molar-refractivity contribution < 1.29 is 19.2 Å². The number of non-ortho nitro benzene ring substituents is 1. The molecule has 0 aromatic heterocycles. The lowest BCUT2D eigenvalue weighted by Crippen LogP contribution is -2.27. The summed E-state index contributed by atoms with van der Waals surface area (Å²) in [6, 6.07) is 16.7. The molecule has 0 saturated carbocycles. The molecule has 3 aromatic rings. The quantitative estimate of drug-likeness (QED) is 0.115. The van der Waals surface area contributed by atoms with Gasteiger partial charge in [-0.2, -0.15) is 0 Å². The number of nitro benzene ring substituents is 1. The van der Waals surface area contributed by atoms with Crippen molar-refractivity contribution in [1.82, 2.24) is 0 Å². The number of thiocarbonyl (C=S) groups is 1. The molecule has 7 nitrogen and oxygen atoms in total. The van der Waals surface area contributed by atoms with Crippen molar-refractivity contribution in [3.8, 4) is 11.5 Å². The van der Waals surface area contributed by atoms with Crippen molar-refractivity contribution in [2.75, 3.05) is 11.5 Å². The Morgan fingerprint density at radius 2 is 1.83 bits per heavy atom. The number of amides is 1. The Morgan fingerprint density at radius 1 is 1.14 bits per heavy atom. The number of nitrogens with zero attached hydrogens (tertiary/aromatic N) is 2. The second-order valence-electron chi connectivity index (χ2n) is 7.47. The topological polar surface area (TPSA) is 81.9 Å². The zero-order chi connectivity index (χ0) is 25.8. The second kappa shape index (κ2) is 11.4. The molecular weight excluding hydrogens is 588 g/mol. The van der Waals surface area contributed by atoms with Crippen LogP contribution in [0, 0.1) is 10.1 Å². The number of rotatable bonds is 8. The van der Waals surface area contributed by atoms with Crippen LogP contribution in [0.4, 0.5) is 11.4 Å². The first-order chi connectivity index (χ1) is 17.3. The summed E-state index contributed by atoms with van der Waals surface area (Å²) in [5.41, 5.74) is 2.07. The van der Waals surface area contributed by atoms with Crippen LogP contribution in [0.25, 0.3) is 6.08 Å². The number of carbonyl (C=O) groups excluding carboxylic acids is 1. The predicted octanol–water partition coefficient (Wildman–Crippen LogP) is 7.39. The van der Waals surface area contributed by atoms with Crippen LogP contribution in [0.1, 0.15) is 18.1 Å². The lowest BCUT2D eigenvalue weighted by Gasteiger charge is -2.15. The summed E-state index contributed by atoms with van der Waals surface area (Å²) in [4.78, 5) is 25.3. The van der Waals surface area contributed by atoms with E-state index in [1.54, 1.807) is 24.3 Å². The van der Waals surface area contributed by atoms with Gasteiger partial charge in [-0.15, -0.1) is 0 Å². The lowest BCUT2D eigenvalue weighted by atomic mass is 10.1. The van der Waals surface area contributed by atoms with Gasteiger partial charge in [-0.1, -0.05) is 47.7 Å². The molecule has 36 heavy (non-hydrogen) atoms. The molecule has 0 aliphatic carbocycles. The lowest BCUT2D eigenvalue weighted by molar-refractivity contribution is -0.384. The molecule has 0 N–H and O–H groups in total. The van der Waals surface area contributed by atoms with E-state index in [4.69, 9.17) is 33.3 Å². The summed E-state index contributed by atoms with van der Waals surface area (Å²) < 4.78 is 12.8. The van der Waals surface area contributed by atoms with Gasteiger partial charge in [0.1, 0.15) is 6.61 Å². The molecule has 0 radical (unpaired) electrons. The molecule has 11 heteroatoms. The Morgan fingerprint density at radius 3 is 2.47 bits per heavy atom. The van der Waals surface area contributed by atoms with Crippen molar-refractivity contribution in [1.29, 1.82) is 0 Å². The van der Waals surface area contributed by atoms with Gasteiger partial charge in [-0.05, 0) is 76.5 Å². The van der Waals surface area contributed by atoms with Crippen LogP contribution >= 0.6 is 51.5 Å². The monoisotopic (exact) mass is 604 g/mol. The minimum absolute atomic E-state index is 0.0635. The molecule has 0 bridgehead atoms. The summed E-state index contributed by atoms with van der Waals surface area (Å²) in [6.45, 7) is 2.62. The van der Waals surface area contributed by atoms with Gasteiger partial charge in [0.2, 0.25) is 0 Å². The van der Waals surface area contributed by atoms with Crippen molar-refractivity contribution in [3.63, 3.8) is 0 Å². The van der Waals surface area contributed by atoms with Crippen LogP contribution in [0.3, 0.4) is 0 Å². The number of carbonyl (C=O) groups is 1. The number of thioether (sulfide) groups is 1. The maximum absolute atomic E-state index is 13.1. The number of halogens is 2. The van der Waals surface area contributed by atoms with E-state index in [2.05, 4.69) is 15.9 Å². The number of anilines is 1. The van der Waals surface area contributed by atoms with Gasteiger partial charge in [0, 0.05) is 17.2 Å².